The van der Waals surface area contributed by atoms with E-state index in [0.717, 1.165) is 0 Å². The third-order valence-corrected chi connectivity index (χ3v) is 5.49. The molecule has 0 bridgehead atoms. The number of halogens is 7. The fraction of sp³-hybridized carbons (Fsp3) is 0. The Morgan fingerprint density at radius 2 is 1.04 bits per heavy atom. The van der Waals surface area contributed by atoms with Crippen molar-refractivity contribution in [3.05, 3.63) is 100 Å². The largest absolute Gasteiger partial charge is 0.263 e. The van der Waals surface area contributed by atoms with Crippen LogP contribution in [0.2, 0.25) is 35.2 Å². The van der Waals surface area contributed by atoms with Gasteiger partial charge in [0.1, 0.15) is 0 Å². The highest BCUT2D eigenvalue weighted by Gasteiger charge is 2.29. The van der Waals surface area contributed by atoms with E-state index in [1.807, 2.05) is 0 Å². The van der Waals surface area contributed by atoms with E-state index in [2.05, 4.69) is 4.98 Å². The lowest BCUT2D eigenvalue weighted by Gasteiger charge is -2.23. The van der Waals surface area contributed by atoms with E-state index < -0.39 is 0 Å². The molecule has 0 saturated heterocycles. The maximum atomic E-state index is 6.46. The Kier molecular flexibility index (Phi) is 6.52. The van der Waals surface area contributed by atoms with Crippen molar-refractivity contribution >= 4 is 81.2 Å². The van der Waals surface area contributed by atoms with E-state index in [1.54, 1.807) is 36.5 Å². The fourth-order valence-electron chi connectivity index (χ4n) is 2.53. The van der Waals surface area contributed by atoms with Crippen LogP contribution >= 0.6 is 81.2 Å². The molecular formula is C18H7Cl7N. The molecule has 0 N–H and O–H groups in total. The van der Waals surface area contributed by atoms with Crippen LogP contribution in [0.15, 0.2) is 42.7 Å². The molecule has 1 nitrogen and oxygen atoms in total. The van der Waals surface area contributed by atoms with Gasteiger partial charge in [-0.3, -0.25) is 4.98 Å². The Morgan fingerprint density at radius 1 is 0.615 bits per heavy atom. The lowest BCUT2D eigenvalue weighted by molar-refractivity contribution is 1.20. The first kappa shape index (κ1) is 20.4. The zero-order chi connectivity index (χ0) is 19.0. The molecule has 1 radical (unpaired) electrons. The second kappa shape index (κ2) is 8.32. The van der Waals surface area contributed by atoms with Crippen LogP contribution in [0.1, 0.15) is 16.7 Å². The number of rotatable bonds is 3. The molecule has 2 aromatic carbocycles. The summed E-state index contributed by atoms with van der Waals surface area (Å²) < 4.78 is 0. The molecule has 0 unspecified atom stereocenters. The molecule has 26 heavy (non-hydrogen) atoms. The Balaban J connectivity index is 2.39. The molecule has 0 spiro atoms. The standard InChI is InChI=1S/C18H7Cl7N/c19-8-3-11(21)17(12(22)4-8)16(10-1-2-26-7-15(10)25)18-13(23)5-9(20)6-14(18)24/h1-7H. The minimum absolute atomic E-state index is 0.326. The van der Waals surface area contributed by atoms with Gasteiger partial charge in [0.05, 0.1) is 10.9 Å². The third-order valence-electron chi connectivity index (χ3n) is 3.56. The second-order valence-electron chi connectivity index (χ2n) is 5.22. The number of nitrogens with zero attached hydrogens (tertiary/aromatic N) is 1. The molecule has 0 amide bonds. The number of aromatic nitrogens is 1. The number of hydrogen-bond donors (Lipinski definition) is 0. The minimum atomic E-state index is 0.326. The molecule has 0 saturated carbocycles. The first-order valence-electron chi connectivity index (χ1n) is 7.06. The highest BCUT2D eigenvalue weighted by Crippen LogP contribution is 2.47. The van der Waals surface area contributed by atoms with Gasteiger partial charge in [-0.15, -0.1) is 0 Å². The van der Waals surface area contributed by atoms with Gasteiger partial charge >= 0.3 is 0 Å². The van der Waals surface area contributed by atoms with Crippen molar-refractivity contribution in [2.45, 2.75) is 0 Å². The molecule has 8 heteroatoms. The number of benzene rings is 2. The molecule has 3 aromatic rings. The first-order valence-corrected chi connectivity index (χ1v) is 9.71. The molecule has 0 aliphatic heterocycles. The zero-order valence-corrected chi connectivity index (χ0v) is 17.9. The Morgan fingerprint density at radius 3 is 1.42 bits per heavy atom. The summed E-state index contributed by atoms with van der Waals surface area (Å²) >= 11 is 44.3. The van der Waals surface area contributed by atoms with Crippen LogP contribution in [0.5, 0.6) is 0 Å². The average Bonchev–Trinajstić information content (AvgIpc) is 2.52. The van der Waals surface area contributed by atoms with Crippen molar-refractivity contribution in [1.82, 2.24) is 4.98 Å². The molecule has 0 aliphatic carbocycles. The van der Waals surface area contributed by atoms with Crippen molar-refractivity contribution < 1.29 is 0 Å². The maximum Gasteiger partial charge on any atom is 0.0706 e. The predicted molar refractivity (Wildman–Crippen MR) is 113 cm³/mol. The van der Waals surface area contributed by atoms with E-state index in [0.29, 0.717) is 57.8 Å². The van der Waals surface area contributed by atoms with Gasteiger partial charge in [0.25, 0.3) is 0 Å². The molecule has 1 aromatic heterocycles. The van der Waals surface area contributed by atoms with Gasteiger partial charge in [-0.25, -0.2) is 0 Å². The van der Waals surface area contributed by atoms with Gasteiger partial charge < -0.3 is 0 Å². The highest BCUT2D eigenvalue weighted by atomic mass is 35.5. The molecular weight excluding hydrogens is 478 g/mol. The van der Waals surface area contributed by atoms with Crippen molar-refractivity contribution in [2.75, 3.05) is 0 Å². The monoisotopic (exact) mass is 482 g/mol. The minimum Gasteiger partial charge on any atom is -0.263 e. The van der Waals surface area contributed by atoms with Gasteiger partial charge in [-0.2, -0.15) is 0 Å². The summed E-state index contributed by atoms with van der Waals surface area (Å²) in [6, 6.07) is 8.04. The van der Waals surface area contributed by atoms with Crippen molar-refractivity contribution in [2.24, 2.45) is 0 Å². The van der Waals surface area contributed by atoms with Crippen LogP contribution < -0.4 is 0 Å². The summed E-state index contributed by atoms with van der Waals surface area (Å²) in [5.74, 6) is 0.552. The topological polar surface area (TPSA) is 12.9 Å². The van der Waals surface area contributed by atoms with E-state index in [-0.39, 0.29) is 0 Å². The van der Waals surface area contributed by atoms with Gasteiger partial charge in [-0.1, -0.05) is 81.2 Å². The smallest absolute Gasteiger partial charge is 0.0706 e. The predicted octanol–water partition coefficient (Wildman–Crippen LogP) is 8.67. The van der Waals surface area contributed by atoms with Crippen LogP contribution in [0.4, 0.5) is 0 Å². The van der Waals surface area contributed by atoms with E-state index in [4.69, 9.17) is 81.2 Å². The van der Waals surface area contributed by atoms with Crippen molar-refractivity contribution in [3.63, 3.8) is 0 Å². The average molecular weight is 485 g/mol. The van der Waals surface area contributed by atoms with E-state index >= 15 is 0 Å². The number of pyridine rings is 1. The summed E-state index contributed by atoms with van der Waals surface area (Å²) in [4.78, 5) is 4.01. The summed E-state index contributed by atoms with van der Waals surface area (Å²) in [6.07, 6.45) is 3.10. The fourth-order valence-corrected chi connectivity index (χ4v) is 4.76. The zero-order valence-electron chi connectivity index (χ0n) is 12.6. The maximum absolute atomic E-state index is 6.46. The Bertz CT molecular complexity index is 884. The van der Waals surface area contributed by atoms with Gasteiger partial charge in [-0.05, 0) is 35.9 Å². The number of hydrogen-bond acceptors (Lipinski definition) is 1. The van der Waals surface area contributed by atoms with Gasteiger partial charge in [0.15, 0.2) is 0 Å². The quantitative estimate of drug-likeness (QED) is 0.362. The van der Waals surface area contributed by atoms with Gasteiger partial charge in [0.2, 0.25) is 0 Å². The lowest BCUT2D eigenvalue weighted by atomic mass is 9.85. The van der Waals surface area contributed by atoms with Crippen LogP contribution in [-0.4, -0.2) is 4.98 Å². The Labute approximate surface area is 185 Å². The molecule has 1 heterocycles. The molecule has 0 aliphatic rings. The second-order valence-corrected chi connectivity index (χ2v) is 8.13. The highest BCUT2D eigenvalue weighted by molar-refractivity contribution is 6.42. The van der Waals surface area contributed by atoms with Crippen LogP contribution in [0.25, 0.3) is 0 Å². The van der Waals surface area contributed by atoms with Crippen LogP contribution in [-0.2, 0) is 0 Å². The van der Waals surface area contributed by atoms with Crippen LogP contribution in [0, 0.1) is 5.92 Å². The molecule has 0 atom stereocenters. The van der Waals surface area contributed by atoms with Gasteiger partial charge in [0, 0.05) is 53.7 Å². The summed E-state index contributed by atoms with van der Waals surface area (Å²) in [5, 5.41) is 2.49. The van der Waals surface area contributed by atoms with Crippen molar-refractivity contribution in [3.8, 4) is 0 Å². The van der Waals surface area contributed by atoms with Crippen molar-refractivity contribution in [1.29, 1.82) is 0 Å². The summed E-state index contributed by atoms with van der Waals surface area (Å²) in [6.45, 7) is 0. The molecule has 0 fully saturated rings. The Hall–Kier alpha value is -0.380. The van der Waals surface area contributed by atoms with E-state index in [9.17, 15) is 0 Å². The third kappa shape index (κ3) is 4.05. The SMILES string of the molecule is Clc1cc(Cl)c([C](c2ccncc2Cl)c2c(Cl)cc(Cl)cc2Cl)c(Cl)c1. The summed E-state index contributed by atoms with van der Waals surface area (Å²) in [5.41, 5.74) is 1.60. The molecule has 3 rings (SSSR count). The first-order chi connectivity index (χ1) is 12.3. The molecule has 133 valence electrons. The lowest BCUT2D eigenvalue weighted by Crippen LogP contribution is -2.09. The van der Waals surface area contributed by atoms with Crippen LogP contribution in [0.3, 0.4) is 0 Å². The van der Waals surface area contributed by atoms with E-state index in [1.165, 1.54) is 6.20 Å². The summed E-state index contributed by atoms with van der Waals surface area (Å²) in [7, 11) is 0. The normalized spacial score (nSPS) is 11.2.